The zero-order valence-electron chi connectivity index (χ0n) is 32.5. The summed E-state index contributed by atoms with van der Waals surface area (Å²) in [6.45, 7) is 2.91. The van der Waals surface area contributed by atoms with Gasteiger partial charge in [0, 0.05) is 23.7 Å². The smallest absolute Gasteiger partial charge is 0.870 e. The molecule has 1 aliphatic heterocycles. The predicted octanol–water partition coefficient (Wildman–Crippen LogP) is 2.29. The maximum atomic E-state index is 12.5. The van der Waals surface area contributed by atoms with Gasteiger partial charge in [-0.15, -0.1) is 15.3 Å². The molecule has 0 saturated carbocycles. The number of aryl methyl sites for hydroxylation is 1. The van der Waals surface area contributed by atoms with Crippen molar-refractivity contribution in [3.05, 3.63) is 122 Å². The number of hydrogen-bond donors (Lipinski definition) is 0. The number of benzene rings is 3. The Hall–Kier alpha value is -6.83. The van der Waals surface area contributed by atoms with E-state index < -0.39 is 86.3 Å². The number of amides is 1. The van der Waals surface area contributed by atoms with Crippen LogP contribution in [0.5, 0.6) is 11.6 Å². The molecule has 2 aliphatic rings. The summed E-state index contributed by atoms with van der Waals surface area (Å²) in [4.78, 5) is 32.0. The number of azo groups is 1. The molecule has 0 N–H and O–H groups in total. The van der Waals surface area contributed by atoms with Crippen LogP contribution in [0.4, 0.5) is 22.7 Å². The maximum Gasteiger partial charge on any atom is 3.00 e. The van der Waals surface area contributed by atoms with Gasteiger partial charge < -0.3 is 35.0 Å². The monoisotopic (exact) mass is 887 g/mol. The number of hydroxylamine groups is 2. The van der Waals surface area contributed by atoms with Crippen LogP contribution >= 0.6 is 0 Å². The molecule has 2 heterocycles. The number of aromatic nitrogens is 2. The van der Waals surface area contributed by atoms with E-state index in [4.69, 9.17) is 0 Å². The number of nitrogens with zero attached hydrogens (tertiary/aromatic N) is 10. The minimum absolute atomic E-state index is 0. The van der Waals surface area contributed by atoms with Crippen molar-refractivity contribution in [3.8, 4) is 17.3 Å². The molecule has 0 atom stereocenters. The fourth-order valence-corrected chi connectivity index (χ4v) is 5.99. The van der Waals surface area contributed by atoms with Gasteiger partial charge in [0.15, 0.2) is 5.71 Å². The average Bonchev–Trinajstić information content (AvgIpc) is 3.61. The van der Waals surface area contributed by atoms with Gasteiger partial charge in [0.1, 0.15) is 36.5 Å². The Labute approximate surface area is 346 Å². The van der Waals surface area contributed by atoms with Crippen molar-refractivity contribution < 1.29 is 72.3 Å². The number of anilines is 1. The summed E-state index contributed by atoms with van der Waals surface area (Å²) in [5, 5.41) is 79.8. The van der Waals surface area contributed by atoms with Crippen LogP contribution in [0, 0.1) is 27.5 Å². The first kappa shape index (κ1) is 44.9. The molecule has 27 heteroatoms. The first-order valence-corrected chi connectivity index (χ1v) is 18.4. The molecular formula is C32H23CrN10O14S2. The van der Waals surface area contributed by atoms with E-state index in [1.165, 1.54) is 13.8 Å². The number of hydrazone groups is 1. The Morgan fingerprint density at radius 3 is 1.97 bits per heavy atom. The van der Waals surface area contributed by atoms with Gasteiger partial charge in [0.2, 0.25) is 5.78 Å². The van der Waals surface area contributed by atoms with Gasteiger partial charge in [0.25, 0.3) is 5.69 Å². The molecule has 4 aromatic rings. The summed E-state index contributed by atoms with van der Waals surface area (Å²) in [6.07, 6.45) is 1.00. The minimum Gasteiger partial charge on any atom is -0.870 e. The molecule has 303 valence electrons. The second-order valence-electron chi connectivity index (χ2n) is 11.4. The third-order valence-corrected chi connectivity index (χ3v) is 9.18. The number of carbonyl (C=O) groups is 2. The Kier molecular flexibility index (Phi) is 13.5. The van der Waals surface area contributed by atoms with Crippen LogP contribution in [-0.2, 0) is 47.2 Å². The zero-order chi connectivity index (χ0) is 42.7. The van der Waals surface area contributed by atoms with E-state index >= 15 is 0 Å². The van der Waals surface area contributed by atoms with Gasteiger partial charge in [-0.3, -0.25) is 19.7 Å². The number of nitro groups is 1. The number of nitro benzene ring substituents is 1. The van der Waals surface area contributed by atoms with Gasteiger partial charge in [-0.2, -0.15) is 20.3 Å². The summed E-state index contributed by atoms with van der Waals surface area (Å²) >= 11 is 0. The number of allylic oxidation sites excluding steroid dienone is 3. The van der Waals surface area contributed by atoms with Crippen molar-refractivity contribution in [2.45, 2.75) is 18.7 Å². The quantitative estimate of drug-likeness (QED) is 0.0765. The topological polar surface area (TPSA) is 370 Å². The molecule has 1 radical (unpaired) electrons. The van der Waals surface area contributed by atoms with Crippen molar-refractivity contribution in [2.24, 2.45) is 25.5 Å². The molecule has 0 fully saturated rings. The molecule has 0 bridgehead atoms. The predicted molar refractivity (Wildman–Crippen MR) is 197 cm³/mol. The van der Waals surface area contributed by atoms with Crippen molar-refractivity contribution >= 4 is 71.8 Å². The standard InChI is InChI=1S/C16H13N5O7S.C16H11N5O7S.Cr/c2*1-9-14(16(23)20(19-9)10-5-3-2-4-6-10)18-17-12-7-11(21(24)25)8-13(15(12)22)29(26,27)28;/h2-8,22-23H,1H3,(H,26,27,28);2-8H,1H3,(H,26,27,28);/q;-2;+3/p-1. The zero-order valence-corrected chi connectivity index (χ0v) is 32.4. The first-order chi connectivity index (χ1) is 27.2. The summed E-state index contributed by atoms with van der Waals surface area (Å²) < 4.78 is 68.3. The van der Waals surface area contributed by atoms with Gasteiger partial charge in [-0.05, 0) is 50.3 Å². The van der Waals surface area contributed by atoms with Crippen molar-refractivity contribution in [3.63, 3.8) is 0 Å². The normalized spacial score (nSPS) is 15.7. The van der Waals surface area contributed by atoms with Crippen LogP contribution in [-0.4, -0.2) is 74.7 Å². The van der Waals surface area contributed by atoms with Crippen molar-refractivity contribution in [1.29, 1.82) is 0 Å². The molecule has 1 aliphatic carbocycles. The summed E-state index contributed by atoms with van der Waals surface area (Å²) in [5.41, 5.74) is -2.56. The van der Waals surface area contributed by atoms with Crippen LogP contribution in [0.3, 0.4) is 0 Å². The molecule has 6 rings (SSSR count). The van der Waals surface area contributed by atoms with E-state index in [0.717, 1.165) is 9.69 Å². The molecule has 0 unspecified atom stereocenters. The molecular weight excluding hydrogens is 865 g/mol. The van der Waals surface area contributed by atoms with Crippen LogP contribution < -0.4 is 15.2 Å². The Morgan fingerprint density at radius 1 is 0.831 bits per heavy atom. The fraction of sp³-hybridized carbons (Fsp3) is 0.0625. The summed E-state index contributed by atoms with van der Waals surface area (Å²) in [6, 6.07) is 17.7. The molecule has 0 saturated heterocycles. The van der Waals surface area contributed by atoms with E-state index in [-0.39, 0.29) is 44.4 Å². The van der Waals surface area contributed by atoms with Crippen LogP contribution in [0.2, 0.25) is 0 Å². The molecule has 24 nitrogen and oxygen atoms in total. The second kappa shape index (κ2) is 17.8. The van der Waals surface area contributed by atoms with E-state index in [9.17, 15) is 66.3 Å². The fourth-order valence-electron chi connectivity index (χ4n) is 4.80. The molecule has 1 amide bonds. The number of non-ortho nitro benzene ring substituents is 1. The van der Waals surface area contributed by atoms with Crippen LogP contribution in [0.15, 0.2) is 126 Å². The molecule has 59 heavy (non-hydrogen) atoms. The molecule has 0 spiro atoms. The number of rotatable bonds is 9. The van der Waals surface area contributed by atoms with E-state index in [1.807, 2.05) is 0 Å². The van der Waals surface area contributed by atoms with Crippen LogP contribution in [0.25, 0.3) is 5.69 Å². The van der Waals surface area contributed by atoms with E-state index in [2.05, 4.69) is 30.6 Å². The first-order valence-electron chi connectivity index (χ1n) is 15.6. The maximum absolute atomic E-state index is 12.5. The minimum atomic E-state index is -5.29. The van der Waals surface area contributed by atoms with Gasteiger partial charge in [0.05, 0.1) is 38.3 Å². The van der Waals surface area contributed by atoms with E-state index in [0.29, 0.717) is 35.7 Å². The van der Waals surface area contributed by atoms with E-state index in [1.54, 1.807) is 60.7 Å². The van der Waals surface area contributed by atoms with Crippen molar-refractivity contribution in [1.82, 2.24) is 15.0 Å². The summed E-state index contributed by atoms with van der Waals surface area (Å²) in [5.74, 6) is -4.08. The largest absolute Gasteiger partial charge is 3.00 e. The van der Waals surface area contributed by atoms with Gasteiger partial charge in [-0.25, -0.2) is 21.5 Å². The number of para-hydroxylation sites is 2. The average molecular weight is 888 g/mol. The van der Waals surface area contributed by atoms with Crippen molar-refractivity contribution in [2.75, 3.05) is 5.01 Å². The SMILES string of the molecule is CC1=NN(c2ccccc2)C(=O)C1=NN=C1C=C(N([O-])[O-])C=C(S(=O)(=O)[O-])C1=O.Cc1nn(-c2ccccc2)c([O-])c1N=Nc1cc([N+](=O)[O-])cc(S(=O)(=O)[O-])c1[O-].[Cr+3].[H+].[H+].[H+]. The molecule has 3 aromatic carbocycles. The van der Waals surface area contributed by atoms with Gasteiger partial charge >= 0.3 is 27.5 Å². The summed E-state index contributed by atoms with van der Waals surface area (Å²) in [7, 11) is -10.6. The van der Waals surface area contributed by atoms with Gasteiger partial charge in [-0.1, -0.05) is 42.1 Å². The molecule has 1 aromatic heterocycles. The third kappa shape index (κ3) is 10.0. The number of Topliss-reactive ketones (excluding diaryl/α,β-unsaturated/α-hetero) is 1. The van der Waals surface area contributed by atoms with Crippen LogP contribution in [0.1, 0.15) is 16.9 Å². The third-order valence-electron chi connectivity index (χ3n) is 7.49. The number of ketones is 1. The Morgan fingerprint density at radius 2 is 1.42 bits per heavy atom. The second-order valence-corrected chi connectivity index (χ2v) is 14.1. The Bertz CT molecular complexity index is 2790. The number of hydrogen-bond acceptors (Lipinski definition) is 21. The number of carbonyl (C=O) groups excluding carboxylic acids is 2. The Balaban J connectivity index is 0.000000582.